The van der Waals surface area contributed by atoms with Gasteiger partial charge in [-0.1, -0.05) is 12.1 Å². The Hall–Kier alpha value is -2.27. The van der Waals surface area contributed by atoms with E-state index in [0.717, 1.165) is 27.0 Å². The second-order valence-electron chi connectivity index (χ2n) is 4.92. The van der Waals surface area contributed by atoms with Crippen LogP contribution in [0.1, 0.15) is 11.1 Å². The quantitative estimate of drug-likeness (QED) is 0.837. The lowest BCUT2D eigenvalue weighted by Gasteiger charge is -2.05. The summed E-state index contributed by atoms with van der Waals surface area (Å²) in [6.45, 7) is 2.24. The Morgan fingerprint density at radius 1 is 1.18 bits per heavy atom. The average molecular weight is 360 g/mol. The van der Waals surface area contributed by atoms with Crippen LogP contribution >= 0.6 is 15.9 Å². The summed E-state index contributed by atoms with van der Waals surface area (Å²) in [5.41, 5.74) is 2.74. The molecule has 0 atom stereocenters. The minimum Gasteiger partial charge on any atom is -0.454 e. The Morgan fingerprint density at radius 2 is 2.00 bits per heavy atom. The van der Waals surface area contributed by atoms with Crippen molar-refractivity contribution >= 4 is 33.6 Å². The van der Waals surface area contributed by atoms with Crippen LogP contribution in [0.15, 0.2) is 46.9 Å². The van der Waals surface area contributed by atoms with Gasteiger partial charge in [-0.2, -0.15) is 0 Å². The first-order valence-corrected chi connectivity index (χ1v) is 7.56. The Bertz CT molecular complexity index is 756. The van der Waals surface area contributed by atoms with Gasteiger partial charge in [0.25, 0.3) is 0 Å². The SMILES string of the molecule is Cc1ccc(NC(=O)C=Cc2ccc3c(c2)OCO3)c(Br)c1. The van der Waals surface area contributed by atoms with Crippen LogP contribution in [0.3, 0.4) is 0 Å². The molecule has 0 saturated carbocycles. The molecule has 5 heteroatoms. The van der Waals surface area contributed by atoms with Crippen molar-refractivity contribution in [3.05, 3.63) is 58.1 Å². The number of carbonyl (C=O) groups is 1. The predicted octanol–water partition coefficient (Wildman–Crippen LogP) is 4.14. The Labute approximate surface area is 136 Å². The van der Waals surface area contributed by atoms with E-state index in [0.29, 0.717) is 5.75 Å². The standard InChI is InChI=1S/C17H14BrNO3/c1-11-2-5-14(13(18)8-11)19-17(20)7-4-12-3-6-15-16(9-12)22-10-21-15/h2-9H,10H2,1H3,(H,19,20). The largest absolute Gasteiger partial charge is 0.454 e. The molecule has 1 aliphatic heterocycles. The van der Waals surface area contributed by atoms with Gasteiger partial charge in [-0.3, -0.25) is 4.79 Å². The van der Waals surface area contributed by atoms with Gasteiger partial charge in [0.05, 0.1) is 5.69 Å². The highest BCUT2D eigenvalue weighted by Crippen LogP contribution is 2.32. The maximum atomic E-state index is 12.0. The molecule has 2 aromatic rings. The van der Waals surface area contributed by atoms with Gasteiger partial charge in [-0.15, -0.1) is 0 Å². The number of fused-ring (bicyclic) bond motifs is 1. The van der Waals surface area contributed by atoms with Crippen LogP contribution in [-0.4, -0.2) is 12.7 Å². The van der Waals surface area contributed by atoms with Crippen LogP contribution in [0, 0.1) is 6.92 Å². The highest BCUT2D eigenvalue weighted by Gasteiger charge is 2.12. The molecule has 0 saturated heterocycles. The first-order valence-electron chi connectivity index (χ1n) is 6.77. The zero-order valence-electron chi connectivity index (χ0n) is 11.9. The van der Waals surface area contributed by atoms with Crippen molar-refractivity contribution in [1.29, 1.82) is 0 Å². The minimum absolute atomic E-state index is 0.192. The predicted molar refractivity (Wildman–Crippen MR) is 89.1 cm³/mol. The number of nitrogens with one attached hydrogen (secondary N) is 1. The number of hydrogen-bond donors (Lipinski definition) is 1. The van der Waals surface area contributed by atoms with Gasteiger partial charge in [-0.25, -0.2) is 0 Å². The van der Waals surface area contributed by atoms with E-state index in [-0.39, 0.29) is 12.7 Å². The molecule has 1 heterocycles. The normalized spacial score (nSPS) is 12.6. The maximum Gasteiger partial charge on any atom is 0.248 e. The fourth-order valence-electron chi connectivity index (χ4n) is 2.08. The molecule has 1 N–H and O–H groups in total. The summed E-state index contributed by atoms with van der Waals surface area (Å²) in [4.78, 5) is 12.0. The molecule has 2 aromatic carbocycles. The molecule has 0 unspecified atom stereocenters. The fraction of sp³-hybridized carbons (Fsp3) is 0.118. The van der Waals surface area contributed by atoms with Gasteiger partial charge in [0.15, 0.2) is 11.5 Å². The van der Waals surface area contributed by atoms with Crippen molar-refractivity contribution in [2.24, 2.45) is 0 Å². The molecule has 0 aromatic heterocycles. The number of anilines is 1. The molecule has 0 bridgehead atoms. The van der Waals surface area contributed by atoms with E-state index in [4.69, 9.17) is 9.47 Å². The summed E-state index contributed by atoms with van der Waals surface area (Å²) >= 11 is 3.44. The van der Waals surface area contributed by atoms with Crippen LogP contribution in [0.2, 0.25) is 0 Å². The number of hydrogen-bond acceptors (Lipinski definition) is 3. The second kappa shape index (κ2) is 6.23. The summed E-state index contributed by atoms with van der Waals surface area (Å²) < 4.78 is 11.4. The number of rotatable bonds is 3. The Balaban J connectivity index is 1.68. The van der Waals surface area contributed by atoms with E-state index in [2.05, 4.69) is 21.2 Å². The van der Waals surface area contributed by atoms with Crippen LogP contribution in [0.5, 0.6) is 11.5 Å². The molecule has 4 nitrogen and oxygen atoms in total. The van der Waals surface area contributed by atoms with E-state index >= 15 is 0 Å². The lowest BCUT2D eigenvalue weighted by Crippen LogP contribution is -2.08. The fourth-order valence-corrected chi connectivity index (χ4v) is 2.68. The van der Waals surface area contributed by atoms with E-state index < -0.39 is 0 Å². The lowest BCUT2D eigenvalue weighted by atomic mass is 10.2. The second-order valence-corrected chi connectivity index (χ2v) is 5.77. The smallest absolute Gasteiger partial charge is 0.248 e. The highest BCUT2D eigenvalue weighted by molar-refractivity contribution is 9.10. The number of amides is 1. The highest BCUT2D eigenvalue weighted by atomic mass is 79.9. The molecule has 1 amide bonds. The van der Waals surface area contributed by atoms with Gasteiger partial charge in [0.2, 0.25) is 12.7 Å². The van der Waals surface area contributed by atoms with Gasteiger partial charge >= 0.3 is 0 Å². The Kier molecular flexibility index (Phi) is 4.15. The van der Waals surface area contributed by atoms with Crippen LogP contribution in [0.4, 0.5) is 5.69 Å². The van der Waals surface area contributed by atoms with Crippen molar-refractivity contribution in [3.63, 3.8) is 0 Å². The van der Waals surface area contributed by atoms with Gasteiger partial charge in [0, 0.05) is 10.5 Å². The van der Waals surface area contributed by atoms with E-state index in [1.54, 1.807) is 6.08 Å². The molecule has 112 valence electrons. The van der Waals surface area contributed by atoms with Crippen LogP contribution < -0.4 is 14.8 Å². The van der Waals surface area contributed by atoms with Gasteiger partial charge in [-0.05, 0) is 64.3 Å². The number of halogens is 1. The molecular weight excluding hydrogens is 346 g/mol. The van der Waals surface area contributed by atoms with Crippen LogP contribution in [0.25, 0.3) is 6.08 Å². The van der Waals surface area contributed by atoms with Crippen molar-refractivity contribution in [3.8, 4) is 11.5 Å². The number of carbonyl (C=O) groups excluding carboxylic acids is 1. The number of ether oxygens (including phenoxy) is 2. The van der Waals surface area contributed by atoms with E-state index in [9.17, 15) is 4.79 Å². The third kappa shape index (κ3) is 3.31. The van der Waals surface area contributed by atoms with Crippen molar-refractivity contribution < 1.29 is 14.3 Å². The summed E-state index contributed by atoms with van der Waals surface area (Å²) in [7, 11) is 0. The molecule has 0 fully saturated rings. The summed E-state index contributed by atoms with van der Waals surface area (Å²) in [5.74, 6) is 1.23. The number of benzene rings is 2. The van der Waals surface area contributed by atoms with Crippen molar-refractivity contribution in [2.45, 2.75) is 6.92 Å². The average Bonchev–Trinajstić information content (AvgIpc) is 2.95. The topological polar surface area (TPSA) is 47.6 Å². The summed E-state index contributed by atoms with van der Waals surface area (Å²) in [6.07, 6.45) is 3.23. The Morgan fingerprint density at radius 3 is 2.82 bits per heavy atom. The van der Waals surface area contributed by atoms with Crippen molar-refractivity contribution in [2.75, 3.05) is 12.1 Å². The van der Waals surface area contributed by atoms with Gasteiger partial charge < -0.3 is 14.8 Å². The minimum atomic E-state index is -0.192. The molecule has 22 heavy (non-hydrogen) atoms. The molecule has 0 aliphatic carbocycles. The van der Waals surface area contributed by atoms with E-state index in [1.807, 2.05) is 43.3 Å². The van der Waals surface area contributed by atoms with Gasteiger partial charge in [0.1, 0.15) is 0 Å². The zero-order chi connectivity index (χ0) is 15.5. The lowest BCUT2D eigenvalue weighted by molar-refractivity contribution is -0.111. The molecule has 1 aliphatic rings. The molecule has 3 rings (SSSR count). The summed E-state index contributed by atoms with van der Waals surface area (Å²) in [6, 6.07) is 11.3. The zero-order valence-corrected chi connectivity index (χ0v) is 13.5. The summed E-state index contributed by atoms with van der Waals surface area (Å²) in [5, 5.41) is 2.83. The van der Waals surface area contributed by atoms with Crippen molar-refractivity contribution in [1.82, 2.24) is 0 Å². The molecular formula is C17H14BrNO3. The third-order valence-electron chi connectivity index (χ3n) is 3.21. The van der Waals surface area contributed by atoms with E-state index in [1.165, 1.54) is 6.08 Å². The third-order valence-corrected chi connectivity index (χ3v) is 3.86. The first-order chi connectivity index (χ1) is 10.6. The molecule has 0 spiro atoms. The monoisotopic (exact) mass is 359 g/mol. The first kappa shape index (κ1) is 14.7. The van der Waals surface area contributed by atoms with Crippen LogP contribution in [-0.2, 0) is 4.79 Å². The maximum absolute atomic E-state index is 12.0. The molecule has 0 radical (unpaired) electrons. The number of aryl methyl sites for hydroxylation is 1.